The highest BCUT2D eigenvalue weighted by molar-refractivity contribution is 14.1. The summed E-state index contributed by atoms with van der Waals surface area (Å²) < 4.78 is 7.65. The number of carbonyl (C=O) groups excluding carboxylic acids is 1. The average molecular weight is 608 g/mol. The first-order valence-corrected chi connectivity index (χ1v) is 11.5. The Balaban J connectivity index is 1.76. The Kier molecular flexibility index (Phi) is 8.13. The number of anilines is 1. The van der Waals surface area contributed by atoms with Crippen molar-refractivity contribution in [1.82, 2.24) is 0 Å². The van der Waals surface area contributed by atoms with Crippen molar-refractivity contribution < 1.29 is 9.53 Å². The molecule has 1 N–H and O–H groups in total. The molecule has 31 heavy (non-hydrogen) atoms. The van der Waals surface area contributed by atoms with Gasteiger partial charge in [0.15, 0.2) is 5.75 Å². The van der Waals surface area contributed by atoms with E-state index in [2.05, 4.69) is 43.8 Å². The lowest BCUT2D eigenvalue weighted by atomic mass is 10.1. The number of benzene rings is 3. The number of nitrogens with one attached hydrogen (secondary N) is 1. The van der Waals surface area contributed by atoms with Gasteiger partial charge in [-0.2, -0.15) is 5.26 Å². The topological polar surface area (TPSA) is 62.1 Å². The summed E-state index contributed by atoms with van der Waals surface area (Å²) in [6.45, 7) is 2.30. The molecule has 7 heteroatoms. The average Bonchev–Trinajstić information content (AvgIpc) is 2.72. The van der Waals surface area contributed by atoms with E-state index in [4.69, 9.17) is 16.3 Å². The molecule has 4 nitrogen and oxygen atoms in total. The van der Waals surface area contributed by atoms with Crippen LogP contribution in [-0.4, -0.2) is 5.91 Å². The summed E-state index contributed by atoms with van der Waals surface area (Å²) >= 11 is 12.1. The molecule has 0 unspecified atom stereocenters. The lowest BCUT2D eigenvalue weighted by Crippen LogP contribution is -2.13. The van der Waals surface area contributed by atoms with E-state index in [-0.39, 0.29) is 5.57 Å². The minimum absolute atomic E-state index is 0.0305. The van der Waals surface area contributed by atoms with Crippen molar-refractivity contribution in [2.75, 3.05) is 5.32 Å². The fourth-order valence-corrected chi connectivity index (χ4v) is 4.12. The van der Waals surface area contributed by atoms with E-state index in [1.807, 2.05) is 55.5 Å². The van der Waals surface area contributed by atoms with Gasteiger partial charge >= 0.3 is 0 Å². The highest BCUT2D eigenvalue weighted by Crippen LogP contribution is 2.35. The number of ether oxygens (including phenoxy) is 1. The van der Waals surface area contributed by atoms with Gasteiger partial charge < -0.3 is 10.1 Å². The van der Waals surface area contributed by atoms with Crippen LogP contribution in [0.2, 0.25) is 5.02 Å². The number of carbonyl (C=O) groups is 1. The van der Waals surface area contributed by atoms with Gasteiger partial charge in [0, 0.05) is 9.26 Å². The van der Waals surface area contributed by atoms with Crippen LogP contribution in [0.5, 0.6) is 5.75 Å². The highest BCUT2D eigenvalue weighted by atomic mass is 127. The van der Waals surface area contributed by atoms with E-state index in [1.165, 1.54) is 6.08 Å². The molecule has 0 aliphatic rings. The summed E-state index contributed by atoms with van der Waals surface area (Å²) in [5, 5.41) is 12.6. The van der Waals surface area contributed by atoms with E-state index >= 15 is 0 Å². The number of amides is 1. The molecular formula is C24H17BrClIN2O2. The molecule has 1 amide bonds. The summed E-state index contributed by atoms with van der Waals surface area (Å²) in [6.07, 6.45) is 1.49. The molecule has 0 atom stereocenters. The lowest BCUT2D eigenvalue weighted by molar-refractivity contribution is -0.112. The zero-order valence-corrected chi connectivity index (χ0v) is 21.0. The predicted octanol–water partition coefficient (Wildman–Crippen LogP) is 7.14. The first-order chi connectivity index (χ1) is 14.9. The van der Waals surface area contributed by atoms with Gasteiger partial charge in [-0.05, 0) is 105 Å². The van der Waals surface area contributed by atoms with Crippen LogP contribution in [0.4, 0.5) is 5.69 Å². The molecule has 0 aromatic heterocycles. The summed E-state index contributed by atoms with van der Waals surface area (Å²) in [5.41, 5.74) is 3.24. The third kappa shape index (κ3) is 6.57. The van der Waals surface area contributed by atoms with Crippen molar-refractivity contribution in [2.45, 2.75) is 13.5 Å². The summed E-state index contributed by atoms with van der Waals surface area (Å²) in [6, 6.07) is 20.7. The van der Waals surface area contributed by atoms with Crippen molar-refractivity contribution >= 4 is 67.8 Å². The molecule has 0 heterocycles. The molecule has 0 radical (unpaired) electrons. The third-order valence-electron chi connectivity index (χ3n) is 4.27. The second-order valence-corrected chi connectivity index (χ2v) is 9.23. The van der Waals surface area contributed by atoms with Gasteiger partial charge in [0.2, 0.25) is 0 Å². The molecule has 0 saturated carbocycles. The number of hydrogen-bond acceptors (Lipinski definition) is 3. The predicted molar refractivity (Wildman–Crippen MR) is 136 cm³/mol. The molecule has 156 valence electrons. The molecule has 0 aliphatic heterocycles. The Morgan fingerprint density at radius 3 is 2.61 bits per heavy atom. The SMILES string of the molecule is Cc1cccc(NC(=O)/C(C#N)=C\c2cc(Cl)c(OCc3ccc(I)cc3)c(Br)c2)c1. The maximum absolute atomic E-state index is 12.5. The van der Waals surface area contributed by atoms with E-state index in [1.54, 1.807) is 18.2 Å². The Morgan fingerprint density at radius 2 is 1.97 bits per heavy atom. The first kappa shape index (κ1) is 23.3. The van der Waals surface area contributed by atoms with Gasteiger partial charge in [-0.3, -0.25) is 4.79 Å². The van der Waals surface area contributed by atoms with Crippen molar-refractivity contribution in [1.29, 1.82) is 5.26 Å². The van der Waals surface area contributed by atoms with Gasteiger partial charge in [-0.25, -0.2) is 0 Å². The summed E-state index contributed by atoms with van der Waals surface area (Å²) in [4.78, 5) is 12.5. The first-order valence-electron chi connectivity index (χ1n) is 9.22. The van der Waals surface area contributed by atoms with Crippen LogP contribution in [-0.2, 0) is 11.4 Å². The Bertz CT molecular complexity index is 1160. The number of rotatable bonds is 6. The smallest absolute Gasteiger partial charge is 0.266 e. The number of halogens is 3. The lowest BCUT2D eigenvalue weighted by Gasteiger charge is -2.12. The van der Waals surface area contributed by atoms with Gasteiger partial charge in [0.05, 0.1) is 9.50 Å². The fourth-order valence-electron chi connectivity index (χ4n) is 2.77. The van der Waals surface area contributed by atoms with Crippen LogP contribution in [0.1, 0.15) is 16.7 Å². The second-order valence-electron chi connectivity index (χ2n) is 6.72. The normalized spacial score (nSPS) is 11.0. The maximum atomic E-state index is 12.5. The molecular weight excluding hydrogens is 591 g/mol. The third-order valence-corrected chi connectivity index (χ3v) is 5.86. The van der Waals surface area contributed by atoms with Crippen LogP contribution in [0, 0.1) is 21.8 Å². The monoisotopic (exact) mass is 606 g/mol. The maximum Gasteiger partial charge on any atom is 0.266 e. The fraction of sp³-hybridized carbons (Fsp3) is 0.0833. The van der Waals surface area contributed by atoms with Gasteiger partial charge in [0.25, 0.3) is 5.91 Å². The van der Waals surface area contributed by atoms with Crippen LogP contribution in [0.3, 0.4) is 0 Å². The molecule has 3 rings (SSSR count). The Morgan fingerprint density at radius 1 is 1.23 bits per heavy atom. The largest absolute Gasteiger partial charge is 0.486 e. The minimum Gasteiger partial charge on any atom is -0.486 e. The van der Waals surface area contributed by atoms with Crippen LogP contribution < -0.4 is 10.1 Å². The van der Waals surface area contributed by atoms with E-state index < -0.39 is 5.91 Å². The molecule has 0 saturated heterocycles. The van der Waals surface area contributed by atoms with Crippen LogP contribution >= 0.6 is 50.1 Å². The Labute approximate surface area is 208 Å². The molecule has 0 spiro atoms. The van der Waals surface area contributed by atoms with Crippen LogP contribution in [0.15, 0.2) is 70.7 Å². The quantitative estimate of drug-likeness (QED) is 0.184. The number of nitriles is 1. The number of nitrogens with zero attached hydrogens (tertiary/aromatic N) is 1. The van der Waals surface area contributed by atoms with Crippen molar-refractivity contribution in [3.63, 3.8) is 0 Å². The number of hydrogen-bond donors (Lipinski definition) is 1. The highest BCUT2D eigenvalue weighted by Gasteiger charge is 2.13. The van der Waals surface area contributed by atoms with E-state index in [9.17, 15) is 10.1 Å². The van der Waals surface area contributed by atoms with Crippen molar-refractivity contribution in [3.8, 4) is 11.8 Å². The molecule has 0 bridgehead atoms. The van der Waals surface area contributed by atoms with Crippen LogP contribution in [0.25, 0.3) is 6.08 Å². The second kappa shape index (κ2) is 10.8. The molecule has 0 aliphatic carbocycles. The van der Waals surface area contributed by atoms with Crippen molar-refractivity contribution in [2.24, 2.45) is 0 Å². The zero-order valence-electron chi connectivity index (χ0n) is 16.5. The van der Waals surface area contributed by atoms with Crippen molar-refractivity contribution in [3.05, 3.63) is 96.0 Å². The van der Waals surface area contributed by atoms with E-state index in [0.29, 0.717) is 33.1 Å². The van der Waals surface area contributed by atoms with Gasteiger partial charge in [-0.15, -0.1) is 0 Å². The minimum atomic E-state index is -0.487. The number of aryl methyl sites for hydroxylation is 1. The Hall–Kier alpha value is -2.34. The van der Waals surface area contributed by atoms with Gasteiger partial charge in [0.1, 0.15) is 18.2 Å². The summed E-state index contributed by atoms with van der Waals surface area (Å²) in [5.74, 6) is 0.0134. The zero-order chi connectivity index (χ0) is 22.4. The summed E-state index contributed by atoms with van der Waals surface area (Å²) in [7, 11) is 0. The standard InChI is InChI=1S/C24H17BrClIN2O2/c1-15-3-2-4-20(9-15)29-24(30)18(13-28)10-17-11-21(25)23(22(26)12-17)31-14-16-5-7-19(27)8-6-16/h2-12H,14H2,1H3,(H,29,30)/b18-10-. The van der Waals surface area contributed by atoms with Gasteiger partial charge in [-0.1, -0.05) is 35.9 Å². The molecule has 0 fully saturated rings. The molecule has 3 aromatic rings. The molecule has 3 aromatic carbocycles. The van der Waals surface area contributed by atoms with E-state index in [0.717, 1.165) is 14.7 Å².